The van der Waals surface area contributed by atoms with Gasteiger partial charge in [-0.15, -0.1) is 0 Å². The molecule has 134 valence electrons. The number of carbonyl (C=O) groups is 1. The van der Waals surface area contributed by atoms with E-state index in [-0.39, 0.29) is 34.5 Å². The zero-order chi connectivity index (χ0) is 18.7. The van der Waals surface area contributed by atoms with Crippen molar-refractivity contribution in [3.63, 3.8) is 0 Å². The Kier molecular flexibility index (Phi) is 6.96. The molecule has 0 fully saturated rings. The van der Waals surface area contributed by atoms with Gasteiger partial charge in [-0.1, -0.05) is 47.6 Å². The Hall–Kier alpha value is -1.97. The predicted molar refractivity (Wildman–Crippen MR) is 92.3 cm³/mol. The number of benzene rings is 2. The molecule has 3 rings (SSSR count). The van der Waals surface area contributed by atoms with E-state index in [9.17, 15) is 18.3 Å². The maximum Gasteiger partial charge on any atom is 1.00 e. The summed E-state index contributed by atoms with van der Waals surface area (Å²) in [5, 5.41) is 14.5. The zero-order valence-corrected chi connectivity index (χ0v) is 17.6. The monoisotopic (exact) mass is 394 g/mol. The molecule has 27 heavy (non-hydrogen) atoms. The number of nitrogens with one attached hydrogen (secondary N) is 1. The first-order valence-corrected chi connectivity index (χ1v) is 9.18. The third kappa shape index (κ3) is 4.85. The fourth-order valence-electron chi connectivity index (χ4n) is 2.54. The Morgan fingerprint density at radius 3 is 2.30 bits per heavy atom. The van der Waals surface area contributed by atoms with Gasteiger partial charge in [0, 0.05) is 5.56 Å². The van der Waals surface area contributed by atoms with Crippen molar-refractivity contribution in [2.75, 3.05) is 6.54 Å². The smallest absolute Gasteiger partial charge is 0.549 e. The second kappa shape index (κ2) is 8.81. The fourth-order valence-corrected chi connectivity index (χ4v) is 3.51. The number of carbonyl (C=O) groups excluding carboxylic acids is 1. The van der Waals surface area contributed by atoms with E-state index in [0.717, 1.165) is 16.7 Å². The van der Waals surface area contributed by atoms with Crippen molar-refractivity contribution >= 4 is 16.0 Å². The molecule has 0 saturated carbocycles. The number of aryl methyl sites for hydroxylation is 1. The minimum absolute atomic E-state index is 0. The standard InChI is InChI=1S/C18H16N2O5S.Na/c1-12-17(18(20-25-12)14-5-3-2-4-6-14)13-7-9-15(10-8-13)26(23,24)19-11-16(21)22;/h2-10,19H,11H2,1H3,(H,21,22);/q;+1/p-1. The molecule has 0 atom stereocenters. The first-order valence-electron chi connectivity index (χ1n) is 7.70. The molecule has 1 aromatic heterocycles. The van der Waals surface area contributed by atoms with E-state index >= 15 is 0 Å². The maximum absolute atomic E-state index is 12.1. The van der Waals surface area contributed by atoms with E-state index in [2.05, 4.69) is 5.16 Å². The number of carboxylic acid groups (broad SMARTS) is 1. The summed E-state index contributed by atoms with van der Waals surface area (Å²) in [7, 11) is -3.92. The van der Waals surface area contributed by atoms with E-state index in [4.69, 9.17) is 4.52 Å². The number of aliphatic carboxylic acids is 1. The number of aromatic nitrogens is 1. The van der Waals surface area contributed by atoms with Gasteiger partial charge >= 0.3 is 29.6 Å². The second-order valence-electron chi connectivity index (χ2n) is 5.55. The molecule has 7 nitrogen and oxygen atoms in total. The normalized spacial score (nSPS) is 11.0. The van der Waals surface area contributed by atoms with Gasteiger partial charge in [-0.25, -0.2) is 13.1 Å². The van der Waals surface area contributed by atoms with Gasteiger partial charge in [0.15, 0.2) is 0 Å². The Bertz CT molecular complexity index is 1030. The summed E-state index contributed by atoms with van der Waals surface area (Å²) in [5.74, 6) is -0.896. The van der Waals surface area contributed by atoms with Crippen molar-refractivity contribution in [2.45, 2.75) is 11.8 Å². The van der Waals surface area contributed by atoms with E-state index in [1.165, 1.54) is 12.1 Å². The van der Waals surface area contributed by atoms with E-state index in [1.807, 2.05) is 35.1 Å². The summed E-state index contributed by atoms with van der Waals surface area (Å²) >= 11 is 0. The zero-order valence-electron chi connectivity index (χ0n) is 14.8. The number of sulfonamides is 1. The Morgan fingerprint density at radius 1 is 1.07 bits per heavy atom. The van der Waals surface area contributed by atoms with Crippen LogP contribution in [-0.4, -0.2) is 26.1 Å². The quantitative estimate of drug-likeness (QED) is 0.502. The number of rotatable bonds is 6. The predicted octanol–water partition coefficient (Wildman–Crippen LogP) is -1.65. The van der Waals surface area contributed by atoms with Gasteiger partial charge in [-0.3, -0.25) is 0 Å². The Balaban J connectivity index is 0.00000261. The molecule has 1 N–H and O–H groups in total. The van der Waals surface area contributed by atoms with Crippen molar-refractivity contribution in [1.29, 1.82) is 0 Å². The van der Waals surface area contributed by atoms with Gasteiger partial charge < -0.3 is 14.4 Å². The molecule has 9 heteroatoms. The molecule has 2 aromatic carbocycles. The summed E-state index contributed by atoms with van der Waals surface area (Å²) in [5.41, 5.74) is 3.05. The summed E-state index contributed by atoms with van der Waals surface area (Å²) in [4.78, 5) is 10.4. The molecular formula is C18H15N2NaO5S. The summed E-state index contributed by atoms with van der Waals surface area (Å²) in [6.07, 6.45) is 0. The van der Waals surface area contributed by atoms with Crippen LogP contribution in [0.2, 0.25) is 0 Å². The number of nitrogens with zero attached hydrogens (tertiary/aromatic N) is 1. The van der Waals surface area contributed by atoms with E-state index in [0.29, 0.717) is 11.5 Å². The summed E-state index contributed by atoms with van der Waals surface area (Å²) in [6, 6.07) is 15.5. The minimum Gasteiger partial charge on any atom is -0.549 e. The van der Waals surface area contributed by atoms with Gasteiger partial charge in [-0.05, 0) is 24.6 Å². The molecule has 0 amide bonds. The van der Waals surface area contributed by atoms with E-state index < -0.39 is 22.5 Å². The molecule has 0 saturated heterocycles. The van der Waals surface area contributed by atoms with Crippen LogP contribution in [0.3, 0.4) is 0 Å². The van der Waals surface area contributed by atoms with Crippen LogP contribution in [0.1, 0.15) is 5.76 Å². The third-order valence-electron chi connectivity index (χ3n) is 3.77. The molecule has 0 aliphatic rings. The SMILES string of the molecule is Cc1onc(-c2ccccc2)c1-c1ccc(S(=O)(=O)NCC(=O)[O-])cc1.[Na+]. The van der Waals surface area contributed by atoms with Gasteiger partial charge in [-0.2, -0.15) is 0 Å². The van der Waals surface area contributed by atoms with Crippen LogP contribution in [0.5, 0.6) is 0 Å². The van der Waals surface area contributed by atoms with Gasteiger partial charge in [0.1, 0.15) is 11.5 Å². The van der Waals surface area contributed by atoms with Crippen LogP contribution in [-0.2, 0) is 14.8 Å². The van der Waals surface area contributed by atoms with Gasteiger partial charge in [0.25, 0.3) is 0 Å². The average molecular weight is 394 g/mol. The number of hydrogen-bond acceptors (Lipinski definition) is 6. The van der Waals surface area contributed by atoms with Crippen LogP contribution in [0.4, 0.5) is 0 Å². The van der Waals surface area contributed by atoms with Crippen LogP contribution >= 0.6 is 0 Å². The molecule has 1 heterocycles. The molecule has 0 bridgehead atoms. The van der Waals surface area contributed by atoms with E-state index in [1.54, 1.807) is 19.1 Å². The first kappa shape index (κ1) is 21.3. The Labute approximate surface area is 178 Å². The maximum atomic E-state index is 12.1. The molecule has 0 aliphatic carbocycles. The largest absolute Gasteiger partial charge is 1.00 e. The fraction of sp³-hybridized carbons (Fsp3) is 0.111. The van der Waals surface area contributed by atoms with Crippen LogP contribution in [0, 0.1) is 6.92 Å². The third-order valence-corrected chi connectivity index (χ3v) is 5.19. The van der Waals surface area contributed by atoms with Crippen molar-refractivity contribution in [2.24, 2.45) is 0 Å². The molecule has 3 aromatic rings. The second-order valence-corrected chi connectivity index (χ2v) is 7.32. The van der Waals surface area contributed by atoms with Crippen molar-refractivity contribution in [3.05, 3.63) is 60.4 Å². The molecule has 0 aliphatic heterocycles. The van der Waals surface area contributed by atoms with Crippen molar-refractivity contribution in [3.8, 4) is 22.4 Å². The summed E-state index contributed by atoms with van der Waals surface area (Å²) in [6.45, 7) is 0.994. The van der Waals surface area contributed by atoms with Gasteiger partial charge in [0.2, 0.25) is 10.0 Å². The average Bonchev–Trinajstić information content (AvgIpc) is 3.02. The first-order chi connectivity index (χ1) is 12.4. The van der Waals surface area contributed by atoms with Crippen LogP contribution in [0.25, 0.3) is 22.4 Å². The summed E-state index contributed by atoms with van der Waals surface area (Å²) < 4.78 is 31.4. The minimum atomic E-state index is -3.92. The number of carboxylic acids is 1. The van der Waals surface area contributed by atoms with Crippen molar-refractivity contribution in [1.82, 2.24) is 9.88 Å². The Morgan fingerprint density at radius 2 is 1.70 bits per heavy atom. The van der Waals surface area contributed by atoms with Crippen molar-refractivity contribution < 1.29 is 52.4 Å². The van der Waals surface area contributed by atoms with Crippen LogP contribution in [0.15, 0.2) is 64.0 Å². The number of hydrogen-bond donors (Lipinski definition) is 1. The van der Waals surface area contributed by atoms with Crippen LogP contribution < -0.4 is 39.4 Å². The van der Waals surface area contributed by atoms with Gasteiger partial charge in [0.05, 0.1) is 23.0 Å². The molecule has 0 radical (unpaired) electrons. The topological polar surface area (TPSA) is 112 Å². The molecule has 0 unspecified atom stereocenters. The molecular weight excluding hydrogens is 379 g/mol. The molecule has 0 spiro atoms.